The van der Waals surface area contributed by atoms with Crippen LogP contribution in [0.5, 0.6) is 0 Å². The second-order valence-electron chi connectivity index (χ2n) is 10.7. The number of rotatable bonds is 9. The van der Waals surface area contributed by atoms with Crippen LogP contribution in [0.25, 0.3) is 0 Å². The normalized spacial score (nSPS) is 39.2. The van der Waals surface area contributed by atoms with Crippen molar-refractivity contribution < 1.29 is 73.8 Å². The van der Waals surface area contributed by atoms with Crippen molar-refractivity contribution in [2.24, 2.45) is 11.8 Å². The first-order valence-corrected chi connectivity index (χ1v) is 13.7. The highest BCUT2D eigenvalue weighted by Gasteiger charge is 2.50. The van der Waals surface area contributed by atoms with Gasteiger partial charge >= 0.3 is 11.9 Å². The van der Waals surface area contributed by atoms with Crippen LogP contribution in [0.2, 0.25) is 0 Å². The van der Waals surface area contributed by atoms with E-state index in [9.17, 15) is 45.3 Å². The van der Waals surface area contributed by atoms with Crippen LogP contribution >= 0.6 is 0 Å². The second kappa shape index (κ2) is 13.4. The van der Waals surface area contributed by atoms with E-state index in [1.54, 1.807) is 36.4 Å². The Morgan fingerprint density at radius 3 is 2.33 bits per heavy atom. The predicted octanol–water partition coefficient (Wildman–Crippen LogP) is -1.99. The molecule has 3 aliphatic heterocycles. The summed E-state index contributed by atoms with van der Waals surface area (Å²) in [7, 11) is 0. The standard InChI is InChI=1S/C28H34O15/c29-16-10-40-27(22(33)19(16)30)41-11-17-20(31)21(32)23(34)28(42-17)43-26-18-13(6-7-14(18)15(9-39-26)24(35)36)8-38-25(37)12-4-2-1-3-5-12/h1-6,9,14,16-23,26-34H,7-8,10-11H2,(H,35,36). The van der Waals surface area contributed by atoms with E-state index in [4.69, 9.17) is 28.4 Å². The molecule has 1 aliphatic carbocycles. The molecule has 2 fully saturated rings. The molecule has 4 aliphatic rings. The van der Waals surface area contributed by atoms with Gasteiger partial charge in [-0.05, 0) is 24.1 Å². The maximum atomic E-state index is 12.5. The van der Waals surface area contributed by atoms with Crippen LogP contribution in [-0.2, 0) is 33.2 Å². The molecule has 0 saturated carbocycles. The molecule has 5 rings (SSSR count). The molecule has 1 aromatic rings. The van der Waals surface area contributed by atoms with E-state index in [-0.39, 0.29) is 25.2 Å². The van der Waals surface area contributed by atoms with Crippen LogP contribution in [-0.4, -0.2) is 129 Å². The maximum absolute atomic E-state index is 12.5. The predicted molar refractivity (Wildman–Crippen MR) is 138 cm³/mol. The van der Waals surface area contributed by atoms with Gasteiger partial charge in [0, 0.05) is 5.92 Å². The lowest BCUT2D eigenvalue weighted by molar-refractivity contribution is -0.348. The number of carboxylic acid groups (broad SMARTS) is 1. The minimum Gasteiger partial charge on any atom is -0.478 e. The molecule has 0 amide bonds. The molecule has 43 heavy (non-hydrogen) atoms. The number of aliphatic carboxylic acids is 1. The summed E-state index contributed by atoms with van der Waals surface area (Å²) >= 11 is 0. The Bertz CT molecular complexity index is 1200. The van der Waals surface area contributed by atoms with E-state index in [0.717, 1.165) is 6.26 Å². The lowest BCUT2D eigenvalue weighted by Crippen LogP contribution is -2.61. The van der Waals surface area contributed by atoms with Crippen LogP contribution in [0.15, 0.2) is 53.8 Å². The Labute approximate surface area is 245 Å². The third-order valence-electron chi connectivity index (χ3n) is 7.96. The lowest BCUT2D eigenvalue weighted by Gasteiger charge is -2.43. The van der Waals surface area contributed by atoms with E-state index >= 15 is 0 Å². The summed E-state index contributed by atoms with van der Waals surface area (Å²) in [6.07, 6.45) is -12.2. The molecular formula is C28H34O15. The minimum atomic E-state index is -1.77. The van der Waals surface area contributed by atoms with Gasteiger partial charge in [0.2, 0.25) is 6.29 Å². The Morgan fingerprint density at radius 1 is 0.884 bits per heavy atom. The zero-order chi connectivity index (χ0) is 30.8. The summed E-state index contributed by atoms with van der Waals surface area (Å²) in [6.45, 7) is -1.01. The average Bonchev–Trinajstić information content (AvgIpc) is 3.44. The number of ether oxygens (including phenoxy) is 6. The fourth-order valence-electron chi connectivity index (χ4n) is 5.52. The van der Waals surface area contributed by atoms with Gasteiger partial charge in [-0.15, -0.1) is 0 Å². The second-order valence-corrected chi connectivity index (χ2v) is 10.7. The van der Waals surface area contributed by atoms with Crippen LogP contribution in [0, 0.1) is 11.8 Å². The van der Waals surface area contributed by atoms with Crippen molar-refractivity contribution in [1.82, 2.24) is 0 Å². The number of fused-ring (bicyclic) bond motifs is 1. The van der Waals surface area contributed by atoms with Crippen molar-refractivity contribution in [3.8, 4) is 0 Å². The molecule has 1 aromatic carbocycles. The number of carbonyl (C=O) groups is 2. The first-order valence-electron chi connectivity index (χ1n) is 13.7. The molecule has 0 spiro atoms. The monoisotopic (exact) mass is 610 g/mol. The number of aliphatic hydroxyl groups is 6. The van der Waals surface area contributed by atoms with Crippen molar-refractivity contribution >= 4 is 11.9 Å². The summed E-state index contributed by atoms with van der Waals surface area (Å²) < 4.78 is 33.3. The zero-order valence-corrected chi connectivity index (χ0v) is 22.7. The van der Waals surface area contributed by atoms with E-state index in [1.807, 2.05) is 0 Å². The van der Waals surface area contributed by atoms with Crippen molar-refractivity contribution in [3.05, 3.63) is 59.4 Å². The number of carbonyl (C=O) groups excluding carboxylic acids is 1. The number of aliphatic hydroxyl groups excluding tert-OH is 6. The zero-order valence-electron chi connectivity index (χ0n) is 22.7. The highest BCUT2D eigenvalue weighted by Crippen LogP contribution is 2.44. The van der Waals surface area contributed by atoms with E-state index in [0.29, 0.717) is 11.1 Å². The summed E-state index contributed by atoms with van der Waals surface area (Å²) in [5.41, 5.74) is 0.810. The lowest BCUT2D eigenvalue weighted by atomic mass is 9.83. The quantitative estimate of drug-likeness (QED) is 0.119. The third-order valence-corrected chi connectivity index (χ3v) is 7.96. The molecule has 15 heteroatoms. The molecular weight excluding hydrogens is 576 g/mol. The Morgan fingerprint density at radius 2 is 1.60 bits per heavy atom. The van der Waals surface area contributed by atoms with E-state index < -0.39 is 92.0 Å². The topological polar surface area (TPSA) is 231 Å². The first kappa shape index (κ1) is 31.5. The van der Waals surface area contributed by atoms with Gasteiger partial charge in [-0.3, -0.25) is 0 Å². The number of benzene rings is 1. The van der Waals surface area contributed by atoms with E-state index in [2.05, 4.69) is 0 Å². The van der Waals surface area contributed by atoms with E-state index in [1.165, 1.54) is 0 Å². The van der Waals surface area contributed by atoms with Crippen molar-refractivity contribution in [2.75, 3.05) is 19.8 Å². The third kappa shape index (κ3) is 6.61. The van der Waals surface area contributed by atoms with Gasteiger partial charge in [0.1, 0.15) is 49.3 Å². The molecule has 12 unspecified atom stereocenters. The van der Waals surface area contributed by atoms with Crippen LogP contribution in [0.3, 0.4) is 0 Å². The Balaban J connectivity index is 1.27. The SMILES string of the molecule is O=C(O)C1=COC(OC2OC(COC3OCC(O)C(O)C3O)C(O)C(O)C2O)C2C(COC(=O)c3ccccc3)=CCC12. The Hall–Kier alpha value is -2.96. The molecule has 15 nitrogen and oxygen atoms in total. The van der Waals surface area contributed by atoms with Gasteiger partial charge in [0.15, 0.2) is 12.6 Å². The van der Waals surface area contributed by atoms with Crippen LogP contribution in [0.1, 0.15) is 16.8 Å². The Kier molecular flexibility index (Phi) is 9.77. The highest BCUT2D eigenvalue weighted by atomic mass is 16.8. The number of allylic oxidation sites excluding steroid dienone is 1. The number of esters is 1. The summed E-state index contributed by atoms with van der Waals surface area (Å²) in [5, 5.41) is 71.0. The molecule has 0 aromatic heterocycles. The van der Waals surface area contributed by atoms with Crippen LogP contribution in [0.4, 0.5) is 0 Å². The maximum Gasteiger partial charge on any atom is 0.338 e. The molecule has 12 atom stereocenters. The smallest absolute Gasteiger partial charge is 0.338 e. The minimum absolute atomic E-state index is 0.0318. The summed E-state index contributed by atoms with van der Waals surface area (Å²) in [6, 6.07) is 8.29. The number of hydrogen-bond donors (Lipinski definition) is 7. The average molecular weight is 611 g/mol. The largest absolute Gasteiger partial charge is 0.478 e. The summed E-state index contributed by atoms with van der Waals surface area (Å²) in [4.78, 5) is 24.4. The van der Waals surface area contributed by atoms with Crippen LogP contribution < -0.4 is 0 Å². The number of carboxylic acids is 1. The molecule has 236 valence electrons. The van der Waals surface area contributed by atoms with Gasteiger partial charge in [0.05, 0.1) is 36.5 Å². The molecule has 0 radical (unpaired) electrons. The molecule has 3 heterocycles. The van der Waals surface area contributed by atoms with Gasteiger partial charge in [0.25, 0.3) is 0 Å². The highest BCUT2D eigenvalue weighted by molar-refractivity contribution is 5.89. The van der Waals surface area contributed by atoms with Crippen molar-refractivity contribution in [2.45, 2.75) is 68.0 Å². The van der Waals surface area contributed by atoms with Gasteiger partial charge in [-0.2, -0.15) is 0 Å². The molecule has 2 saturated heterocycles. The van der Waals surface area contributed by atoms with Crippen molar-refractivity contribution in [3.63, 3.8) is 0 Å². The van der Waals surface area contributed by atoms with Gasteiger partial charge in [-0.1, -0.05) is 24.3 Å². The summed E-state index contributed by atoms with van der Waals surface area (Å²) in [5.74, 6) is -3.19. The fraction of sp³-hybridized carbons (Fsp3) is 0.571. The number of hydrogen-bond acceptors (Lipinski definition) is 14. The molecule has 7 N–H and O–H groups in total. The van der Waals surface area contributed by atoms with Gasteiger partial charge < -0.3 is 64.2 Å². The first-order chi connectivity index (χ1) is 20.6. The van der Waals surface area contributed by atoms with Gasteiger partial charge in [-0.25, -0.2) is 9.59 Å². The fourth-order valence-corrected chi connectivity index (χ4v) is 5.52. The van der Waals surface area contributed by atoms with Crippen molar-refractivity contribution in [1.29, 1.82) is 0 Å². The molecule has 0 bridgehead atoms.